The van der Waals surface area contributed by atoms with Crippen LogP contribution in [0.25, 0.3) is 0 Å². The molecule has 0 aliphatic carbocycles. The van der Waals surface area contributed by atoms with Crippen molar-refractivity contribution in [2.75, 3.05) is 17.2 Å². The lowest BCUT2D eigenvalue weighted by molar-refractivity contribution is -0.116. The maximum Gasteiger partial charge on any atom is 0.237 e. The molecule has 1 heterocycles. The fourth-order valence-electron chi connectivity index (χ4n) is 1.91. The number of hydrogen-bond donors (Lipinski definition) is 2. The second kappa shape index (κ2) is 6.01. The van der Waals surface area contributed by atoms with Gasteiger partial charge in [0.25, 0.3) is 0 Å². The quantitative estimate of drug-likeness (QED) is 0.786. The van der Waals surface area contributed by atoms with Gasteiger partial charge in [0.1, 0.15) is 11.6 Å². The fraction of sp³-hybridized carbons (Fsp3) is 0.214. The molecule has 1 aromatic carbocycles. The molecule has 6 nitrogen and oxygen atoms in total. The highest BCUT2D eigenvalue weighted by atomic mass is 16.1. The summed E-state index contributed by atoms with van der Waals surface area (Å²) < 4.78 is 0. The number of carbonyl (C=O) groups excluding carboxylic acids is 1. The Morgan fingerprint density at radius 1 is 1.30 bits per heavy atom. The average Bonchev–Trinajstić information content (AvgIpc) is 2.40. The SMILES string of the molecule is Cc1nccc(N(CC(N)=O)Cc2ccccc2N)n1. The van der Waals surface area contributed by atoms with Crippen LogP contribution in [-0.2, 0) is 11.3 Å². The third-order valence-corrected chi connectivity index (χ3v) is 2.85. The number of aromatic nitrogens is 2. The summed E-state index contributed by atoms with van der Waals surface area (Å²) in [7, 11) is 0. The van der Waals surface area contributed by atoms with Gasteiger partial charge in [0.15, 0.2) is 0 Å². The van der Waals surface area contributed by atoms with Crippen LogP contribution < -0.4 is 16.4 Å². The molecule has 0 atom stereocenters. The zero-order valence-electron chi connectivity index (χ0n) is 11.3. The van der Waals surface area contributed by atoms with Crippen LogP contribution in [0.1, 0.15) is 11.4 Å². The Labute approximate surface area is 117 Å². The van der Waals surface area contributed by atoms with E-state index >= 15 is 0 Å². The van der Waals surface area contributed by atoms with E-state index in [4.69, 9.17) is 11.5 Å². The van der Waals surface area contributed by atoms with Crippen molar-refractivity contribution in [3.05, 3.63) is 47.9 Å². The molecule has 0 saturated heterocycles. The lowest BCUT2D eigenvalue weighted by Gasteiger charge is -2.23. The summed E-state index contributed by atoms with van der Waals surface area (Å²) in [6, 6.07) is 9.25. The number of nitrogens with zero attached hydrogens (tertiary/aromatic N) is 3. The minimum Gasteiger partial charge on any atom is -0.398 e. The average molecular weight is 271 g/mol. The molecule has 0 bridgehead atoms. The predicted octanol–water partition coefficient (Wildman–Crippen LogP) is 0.859. The number of amides is 1. The first-order valence-corrected chi connectivity index (χ1v) is 6.22. The number of anilines is 2. The smallest absolute Gasteiger partial charge is 0.237 e. The molecule has 1 aromatic heterocycles. The Kier molecular flexibility index (Phi) is 4.14. The third kappa shape index (κ3) is 3.44. The summed E-state index contributed by atoms with van der Waals surface area (Å²) in [6.07, 6.45) is 1.65. The van der Waals surface area contributed by atoms with E-state index in [2.05, 4.69) is 9.97 Å². The highest BCUT2D eigenvalue weighted by molar-refractivity contribution is 5.79. The van der Waals surface area contributed by atoms with Gasteiger partial charge in [-0.2, -0.15) is 0 Å². The molecule has 0 unspecified atom stereocenters. The summed E-state index contributed by atoms with van der Waals surface area (Å²) in [4.78, 5) is 21.4. The summed E-state index contributed by atoms with van der Waals surface area (Å²) in [5, 5.41) is 0. The van der Waals surface area contributed by atoms with E-state index in [-0.39, 0.29) is 6.54 Å². The minimum atomic E-state index is -0.421. The Morgan fingerprint density at radius 3 is 2.70 bits per heavy atom. The van der Waals surface area contributed by atoms with Crippen molar-refractivity contribution in [3.8, 4) is 0 Å². The number of para-hydroxylation sites is 1. The molecule has 2 aromatic rings. The summed E-state index contributed by atoms with van der Waals surface area (Å²) in [5.41, 5.74) is 12.8. The van der Waals surface area contributed by atoms with Crippen LogP contribution in [0.15, 0.2) is 36.5 Å². The Balaban J connectivity index is 2.29. The number of nitrogens with two attached hydrogens (primary N) is 2. The first-order chi connectivity index (χ1) is 9.56. The third-order valence-electron chi connectivity index (χ3n) is 2.85. The highest BCUT2D eigenvalue weighted by Crippen LogP contribution is 2.17. The molecule has 1 amide bonds. The Morgan fingerprint density at radius 2 is 2.05 bits per heavy atom. The number of carbonyl (C=O) groups is 1. The van der Waals surface area contributed by atoms with Crippen LogP contribution in [0.5, 0.6) is 0 Å². The second-order valence-electron chi connectivity index (χ2n) is 4.48. The van der Waals surface area contributed by atoms with Gasteiger partial charge in [-0.1, -0.05) is 18.2 Å². The van der Waals surface area contributed by atoms with Crippen LogP contribution in [0.2, 0.25) is 0 Å². The van der Waals surface area contributed by atoms with Gasteiger partial charge < -0.3 is 16.4 Å². The van der Waals surface area contributed by atoms with E-state index < -0.39 is 5.91 Å². The van der Waals surface area contributed by atoms with E-state index in [1.807, 2.05) is 24.3 Å². The van der Waals surface area contributed by atoms with E-state index in [0.717, 1.165) is 5.56 Å². The number of nitrogen functional groups attached to an aromatic ring is 1. The molecule has 6 heteroatoms. The van der Waals surface area contributed by atoms with Gasteiger partial charge in [-0.05, 0) is 24.6 Å². The summed E-state index contributed by atoms with van der Waals surface area (Å²) in [5.74, 6) is 0.869. The van der Waals surface area contributed by atoms with Gasteiger partial charge in [0.2, 0.25) is 5.91 Å². The highest BCUT2D eigenvalue weighted by Gasteiger charge is 2.13. The number of hydrogen-bond acceptors (Lipinski definition) is 5. The van der Waals surface area contributed by atoms with Crippen LogP contribution >= 0.6 is 0 Å². The van der Waals surface area contributed by atoms with Gasteiger partial charge in [-0.25, -0.2) is 9.97 Å². The molecule has 0 radical (unpaired) electrons. The molecule has 0 aliphatic rings. The van der Waals surface area contributed by atoms with Crippen molar-refractivity contribution in [3.63, 3.8) is 0 Å². The van der Waals surface area contributed by atoms with Gasteiger partial charge in [0.05, 0.1) is 6.54 Å². The van der Waals surface area contributed by atoms with Crippen LogP contribution in [0.3, 0.4) is 0 Å². The number of aryl methyl sites for hydroxylation is 1. The number of primary amides is 1. The van der Waals surface area contributed by atoms with Crippen molar-refractivity contribution in [2.45, 2.75) is 13.5 Å². The van der Waals surface area contributed by atoms with Crippen LogP contribution in [-0.4, -0.2) is 22.4 Å². The molecule has 104 valence electrons. The molecular weight excluding hydrogens is 254 g/mol. The molecule has 4 N–H and O–H groups in total. The monoisotopic (exact) mass is 271 g/mol. The Hall–Kier alpha value is -2.63. The van der Waals surface area contributed by atoms with E-state index in [1.54, 1.807) is 24.1 Å². The van der Waals surface area contributed by atoms with Crippen molar-refractivity contribution in [1.29, 1.82) is 0 Å². The van der Waals surface area contributed by atoms with Crippen molar-refractivity contribution >= 4 is 17.4 Å². The fourth-order valence-corrected chi connectivity index (χ4v) is 1.91. The molecule has 20 heavy (non-hydrogen) atoms. The topological polar surface area (TPSA) is 98.1 Å². The molecule has 0 saturated carbocycles. The zero-order valence-corrected chi connectivity index (χ0v) is 11.3. The van der Waals surface area contributed by atoms with Crippen molar-refractivity contribution in [1.82, 2.24) is 9.97 Å². The lowest BCUT2D eigenvalue weighted by atomic mass is 10.1. The Bertz CT molecular complexity index is 614. The van der Waals surface area contributed by atoms with Crippen molar-refractivity contribution in [2.24, 2.45) is 5.73 Å². The molecule has 2 rings (SSSR count). The maximum absolute atomic E-state index is 11.2. The summed E-state index contributed by atoms with van der Waals surface area (Å²) >= 11 is 0. The largest absolute Gasteiger partial charge is 0.398 e. The molecule has 0 spiro atoms. The number of rotatable bonds is 5. The van der Waals surface area contributed by atoms with Gasteiger partial charge >= 0.3 is 0 Å². The maximum atomic E-state index is 11.2. The van der Waals surface area contributed by atoms with Crippen LogP contribution in [0.4, 0.5) is 11.5 Å². The van der Waals surface area contributed by atoms with Crippen LogP contribution in [0, 0.1) is 6.92 Å². The standard InChI is InChI=1S/C14H17N5O/c1-10-17-7-6-14(18-10)19(9-13(16)20)8-11-4-2-3-5-12(11)15/h2-7H,8-9,15H2,1H3,(H2,16,20). The lowest BCUT2D eigenvalue weighted by Crippen LogP contribution is -2.34. The number of benzene rings is 1. The van der Waals surface area contributed by atoms with Gasteiger partial charge in [-0.15, -0.1) is 0 Å². The first kappa shape index (κ1) is 13.8. The summed E-state index contributed by atoms with van der Waals surface area (Å²) in [6.45, 7) is 2.33. The normalized spacial score (nSPS) is 10.2. The van der Waals surface area contributed by atoms with Gasteiger partial charge in [-0.3, -0.25) is 4.79 Å². The molecular formula is C14H17N5O. The zero-order chi connectivity index (χ0) is 14.5. The second-order valence-corrected chi connectivity index (χ2v) is 4.48. The van der Waals surface area contributed by atoms with E-state index in [1.165, 1.54) is 0 Å². The molecule has 0 fully saturated rings. The van der Waals surface area contributed by atoms with Gasteiger partial charge in [0, 0.05) is 18.4 Å². The predicted molar refractivity (Wildman–Crippen MR) is 77.9 cm³/mol. The molecule has 0 aliphatic heterocycles. The first-order valence-electron chi connectivity index (χ1n) is 6.22. The van der Waals surface area contributed by atoms with Crippen molar-refractivity contribution < 1.29 is 4.79 Å². The minimum absolute atomic E-state index is 0.0742. The van der Waals surface area contributed by atoms with E-state index in [9.17, 15) is 4.79 Å². The van der Waals surface area contributed by atoms with E-state index in [0.29, 0.717) is 23.9 Å².